The molecule has 0 rings (SSSR count). The Morgan fingerprint density at radius 1 is 0.419 bits per heavy atom. The van der Waals surface area contributed by atoms with E-state index in [0.29, 0.717) is 0 Å². The molecule has 0 aliphatic heterocycles. The summed E-state index contributed by atoms with van der Waals surface area (Å²) in [5.74, 6) is -1.86. The molecule has 0 aromatic carbocycles. The van der Waals surface area contributed by atoms with Crippen LogP contribution < -0.4 is 10.2 Å². The minimum absolute atomic E-state index is 0. The Labute approximate surface area is 307 Å². The predicted molar refractivity (Wildman–Crippen MR) is 178 cm³/mol. The maximum atomic E-state index is 10.2. The standard InChI is InChI=1S/2C18H36O3.Ba/c2*1-2-3-4-8-11-14-17(19)15-12-9-6-5-7-10-13-16-18(20)21;/h2*17,19H,2-16H2,1H3,(H,20,21);/q;;+2/p-2. The van der Waals surface area contributed by atoms with Gasteiger partial charge in [-0.05, 0) is 51.4 Å². The zero-order chi connectivity index (χ0) is 31.5. The Hall–Kier alpha value is 0.431. The second-order valence-electron chi connectivity index (χ2n) is 12.5. The van der Waals surface area contributed by atoms with Crippen molar-refractivity contribution in [3.8, 4) is 0 Å². The number of carboxylic acid groups (broad SMARTS) is 2. The fourth-order valence-corrected chi connectivity index (χ4v) is 5.32. The molecule has 0 aliphatic carbocycles. The van der Waals surface area contributed by atoms with E-state index in [2.05, 4.69) is 13.8 Å². The van der Waals surface area contributed by atoms with Crippen LogP contribution >= 0.6 is 0 Å². The van der Waals surface area contributed by atoms with Gasteiger partial charge in [-0.2, -0.15) is 0 Å². The van der Waals surface area contributed by atoms with Crippen molar-refractivity contribution in [2.24, 2.45) is 0 Å². The molecule has 6 nitrogen and oxygen atoms in total. The van der Waals surface area contributed by atoms with E-state index in [-0.39, 0.29) is 73.9 Å². The average Bonchev–Trinajstić information content (AvgIpc) is 2.95. The quantitative estimate of drug-likeness (QED) is 0.0544. The smallest absolute Gasteiger partial charge is 0.550 e. The van der Waals surface area contributed by atoms with Crippen LogP contribution in [0.5, 0.6) is 0 Å². The van der Waals surface area contributed by atoms with Gasteiger partial charge < -0.3 is 30.0 Å². The van der Waals surface area contributed by atoms with Crippen molar-refractivity contribution in [2.75, 3.05) is 0 Å². The third-order valence-corrected chi connectivity index (χ3v) is 8.12. The van der Waals surface area contributed by atoms with E-state index >= 15 is 0 Å². The molecule has 0 radical (unpaired) electrons. The Morgan fingerprint density at radius 2 is 0.628 bits per heavy atom. The largest absolute Gasteiger partial charge is 2.00 e. The summed E-state index contributed by atoms with van der Waals surface area (Å²) in [7, 11) is 0. The fraction of sp³-hybridized carbons (Fsp3) is 0.944. The SMILES string of the molecule is CCCCCCCC(O)CCCCCCCCCC(=O)[O-].CCCCCCCC(O)CCCCCCCCCC(=O)[O-].[Ba+2]. The molecule has 0 bridgehead atoms. The number of hydrogen-bond acceptors (Lipinski definition) is 6. The predicted octanol–water partition coefficient (Wildman–Crippen LogP) is 7.56. The molecule has 7 heteroatoms. The van der Waals surface area contributed by atoms with Gasteiger partial charge in [0.1, 0.15) is 0 Å². The molecule has 2 atom stereocenters. The van der Waals surface area contributed by atoms with E-state index in [9.17, 15) is 30.0 Å². The molecule has 0 saturated carbocycles. The van der Waals surface area contributed by atoms with Crippen LogP contribution in [0.4, 0.5) is 0 Å². The van der Waals surface area contributed by atoms with Gasteiger partial charge in [-0.1, -0.05) is 155 Å². The van der Waals surface area contributed by atoms with Crippen molar-refractivity contribution < 1.29 is 30.0 Å². The normalized spacial score (nSPS) is 12.2. The van der Waals surface area contributed by atoms with Gasteiger partial charge in [-0.25, -0.2) is 0 Å². The Bertz CT molecular complexity index is 512. The number of aliphatic hydroxyl groups excluding tert-OH is 2. The number of carbonyl (C=O) groups is 2. The maximum Gasteiger partial charge on any atom is 2.00 e. The molecule has 0 aromatic heterocycles. The van der Waals surface area contributed by atoms with Crippen LogP contribution in [-0.2, 0) is 9.59 Å². The minimum atomic E-state index is -0.932. The molecule has 0 amide bonds. The van der Waals surface area contributed by atoms with Crippen LogP contribution in [0.25, 0.3) is 0 Å². The van der Waals surface area contributed by atoms with E-state index in [4.69, 9.17) is 0 Å². The Kier molecular flexibility index (Phi) is 45.0. The van der Waals surface area contributed by atoms with E-state index in [1.807, 2.05) is 0 Å². The zero-order valence-corrected chi connectivity index (χ0v) is 33.0. The topological polar surface area (TPSA) is 121 Å². The second kappa shape index (κ2) is 40.5. The van der Waals surface area contributed by atoms with Crippen LogP contribution in [0.2, 0.25) is 0 Å². The molecule has 0 spiro atoms. The summed E-state index contributed by atoms with van der Waals surface area (Å²) < 4.78 is 0. The number of rotatable bonds is 32. The minimum Gasteiger partial charge on any atom is -0.550 e. The molecule has 252 valence electrons. The Morgan fingerprint density at radius 3 is 0.860 bits per heavy atom. The summed E-state index contributed by atoms with van der Waals surface area (Å²) in [6.07, 6.45) is 31.8. The Balaban J connectivity index is -0.000000727. The molecule has 2 N–H and O–H groups in total. The molecular weight excluding hydrogens is 666 g/mol. The summed E-state index contributed by atoms with van der Waals surface area (Å²) in [4.78, 5) is 20.5. The van der Waals surface area contributed by atoms with Gasteiger partial charge in [-0.3, -0.25) is 0 Å². The van der Waals surface area contributed by atoms with Crippen LogP contribution in [0.1, 0.15) is 206 Å². The molecule has 43 heavy (non-hydrogen) atoms. The number of aliphatic carboxylic acids is 2. The van der Waals surface area contributed by atoms with Gasteiger partial charge in [0, 0.05) is 11.9 Å². The molecule has 0 saturated heterocycles. The van der Waals surface area contributed by atoms with Gasteiger partial charge in [-0.15, -0.1) is 0 Å². The molecule has 0 fully saturated rings. The number of aliphatic hydroxyl groups is 2. The first-order valence-corrected chi connectivity index (χ1v) is 18.1. The van der Waals surface area contributed by atoms with Crippen LogP contribution in [-0.4, -0.2) is 83.2 Å². The third-order valence-electron chi connectivity index (χ3n) is 8.12. The number of unbranched alkanes of at least 4 members (excludes halogenated alkanes) is 20. The van der Waals surface area contributed by atoms with Gasteiger partial charge in [0.15, 0.2) is 0 Å². The van der Waals surface area contributed by atoms with E-state index in [0.717, 1.165) is 77.0 Å². The third kappa shape index (κ3) is 47.0. The second-order valence-corrected chi connectivity index (χ2v) is 12.5. The first-order valence-electron chi connectivity index (χ1n) is 18.1. The van der Waals surface area contributed by atoms with Crippen molar-refractivity contribution in [1.29, 1.82) is 0 Å². The monoisotopic (exact) mass is 736 g/mol. The first-order chi connectivity index (χ1) is 20.3. The van der Waals surface area contributed by atoms with Gasteiger partial charge in [0.05, 0.1) is 12.2 Å². The van der Waals surface area contributed by atoms with Crippen molar-refractivity contribution in [1.82, 2.24) is 0 Å². The van der Waals surface area contributed by atoms with E-state index in [1.165, 1.54) is 103 Å². The molecule has 0 aliphatic rings. The van der Waals surface area contributed by atoms with Gasteiger partial charge in [0.2, 0.25) is 0 Å². The van der Waals surface area contributed by atoms with Crippen LogP contribution in [0.15, 0.2) is 0 Å². The fourth-order valence-electron chi connectivity index (χ4n) is 5.32. The summed E-state index contributed by atoms with van der Waals surface area (Å²) in [5, 5.41) is 40.2. The van der Waals surface area contributed by atoms with Gasteiger partial charge >= 0.3 is 48.9 Å². The molecular formula is C36H70BaO6. The van der Waals surface area contributed by atoms with Crippen molar-refractivity contribution in [3.63, 3.8) is 0 Å². The zero-order valence-electron chi connectivity index (χ0n) is 28.6. The molecule has 0 heterocycles. The van der Waals surface area contributed by atoms with Crippen molar-refractivity contribution in [3.05, 3.63) is 0 Å². The van der Waals surface area contributed by atoms with Crippen LogP contribution in [0.3, 0.4) is 0 Å². The van der Waals surface area contributed by atoms with Gasteiger partial charge in [0.25, 0.3) is 0 Å². The van der Waals surface area contributed by atoms with Crippen LogP contribution in [0, 0.1) is 0 Å². The van der Waals surface area contributed by atoms with Crippen molar-refractivity contribution in [2.45, 2.75) is 219 Å². The maximum absolute atomic E-state index is 10.2. The molecule has 0 aromatic rings. The number of carbonyl (C=O) groups excluding carboxylic acids is 2. The summed E-state index contributed by atoms with van der Waals surface area (Å²) in [6, 6.07) is 0. The number of hydrogen-bond donors (Lipinski definition) is 2. The first kappa shape index (κ1) is 47.8. The van der Waals surface area contributed by atoms with E-state index in [1.54, 1.807) is 0 Å². The number of carboxylic acids is 2. The average molecular weight is 736 g/mol. The van der Waals surface area contributed by atoms with E-state index < -0.39 is 11.9 Å². The molecule has 2 unspecified atom stereocenters. The summed E-state index contributed by atoms with van der Waals surface area (Å²) in [5.41, 5.74) is 0. The summed E-state index contributed by atoms with van der Waals surface area (Å²) in [6.45, 7) is 4.44. The summed E-state index contributed by atoms with van der Waals surface area (Å²) >= 11 is 0. The van der Waals surface area contributed by atoms with Crippen molar-refractivity contribution >= 4 is 60.8 Å².